The molecule has 0 saturated heterocycles. The van der Waals surface area contributed by atoms with Crippen molar-refractivity contribution in [1.29, 1.82) is 0 Å². The number of carboxylic acid groups (broad SMARTS) is 1. The van der Waals surface area contributed by atoms with Gasteiger partial charge >= 0.3 is 5.97 Å². The summed E-state index contributed by atoms with van der Waals surface area (Å²) in [7, 11) is 3.64. The van der Waals surface area contributed by atoms with Crippen molar-refractivity contribution in [3.63, 3.8) is 0 Å². The van der Waals surface area contributed by atoms with E-state index in [2.05, 4.69) is 9.47 Å². The number of benzene rings is 1. The molecule has 1 rings (SSSR count). The van der Waals surface area contributed by atoms with Crippen LogP contribution in [0.25, 0.3) is 6.08 Å². The first-order valence-corrected chi connectivity index (χ1v) is 4.60. The molecule has 0 amide bonds. The Kier molecular flexibility index (Phi) is 4.13. The molecule has 0 spiro atoms. The second-order valence-corrected chi connectivity index (χ2v) is 2.94. The maximum absolute atomic E-state index is 10.3. The molecule has 0 radical (unpaired) electrons. The van der Waals surface area contributed by atoms with Crippen LogP contribution in [-0.2, 0) is 4.79 Å². The zero-order valence-electron chi connectivity index (χ0n) is 8.14. The zero-order chi connectivity index (χ0) is 11.3. The molecule has 1 atom stereocenters. The van der Waals surface area contributed by atoms with Crippen LogP contribution in [0.15, 0.2) is 24.3 Å². The lowest BCUT2D eigenvalue weighted by Gasteiger charge is -2.07. The molecule has 0 fully saturated rings. The number of methoxy groups -OCH3 is 1. The second kappa shape index (κ2) is 5.37. The molecule has 0 heterocycles. The predicted octanol–water partition coefficient (Wildman–Crippen LogP) is 1.96. The van der Waals surface area contributed by atoms with Gasteiger partial charge in [0.1, 0.15) is 0 Å². The standard InChI is InChI=1S/C10H11O4P/c1-13-9-6-7(3-5-10(11)12)2-4-8(9)14-15/h2-6H,15H2,1H3,(H,11,12). The van der Waals surface area contributed by atoms with Crippen LogP contribution in [-0.4, -0.2) is 18.2 Å². The normalized spacial score (nSPS) is 10.3. The number of carboxylic acids is 1. The monoisotopic (exact) mass is 226 g/mol. The van der Waals surface area contributed by atoms with Gasteiger partial charge in [-0.15, -0.1) is 0 Å². The van der Waals surface area contributed by atoms with Crippen LogP contribution in [0, 0.1) is 0 Å². The number of aliphatic carboxylic acids is 1. The topological polar surface area (TPSA) is 55.8 Å². The predicted molar refractivity (Wildman–Crippen MR) is 60.0 cm³/mol. The van der Waals surface area contributed by atoms with E-state index < -0.39 is 5.97 Å². The lowest BCUT2D eigenvalue weighted by Crippen LogP contribution is -1.88. The van der Waals surface area contributed by atoms with Crippen molar-refractivity contribution in [2.45, 2.75) is 0 Å². The highest BCUT2D eigenvalue weighted by atomic mass is 31.0. The SMILES string of the molecule is COc1cc(C=CC(=O)O)ccc1OP. The Labute approximate surface area is 89.8 Å². The van der Waals surface area contributed by atoms with Gasteiger partial charge in [-0.3, -0.25) is 0 Å². The molecule has 0 saturated carbocycles. The van der Waals surface area contributed by atoms with Crippen molar-refractivity contribution >= 4 is 21.5 Å². The lowest BCUT2D eigenvalue weighted by molar-refractivity contribution is -0.131. The van der Waals surface area contributed by atoms with Crippen LogP contribution in [0.4, 0.5) is 0 Å². The van der Waals surface area contributed by atoms with E-state index in [-0.39, 0.29) is 0 Å². The summed E-state index contributed by atoms with van der Waals surface area (Å²) in [4.78, 5) is 10.3. The third kappa shape index (κ3) is 3.26. The largest absolute Gasteiger partial charge is 0.493 e. The van der Waals surface area contributed by atoms with E-state index in [0.29, 0.717) is 11.5 Å². The average Bonchev–Trinajstić information content (AvgIpc) is 2.25. The van der Waals surface area contributed by atoms with E-state index in [1.807, 2.05) is 0 Å². The molecule has 1 unspecified atom stereocenters. The molecule has 0 aromatic heterocycles. The zero-order valence-corrected chi connectivity index (χ0v) is 9.29. The molecule has 15 heavy (non-hydrogen) atoms. The molecule has 0 aliphatic carbocycles. The van der Waals surface area contributed by atoms with Gasteiger partial charge in [-0.25, -0.2) is 4.79 Å². The minimum Gasteiger partial charge on any atom is -0.493 e. The van der Waals surface area contributed by atoms with Crippen molar-refractivity contribution in [2.75, 3.05) is 7.11 Å². The molecular weight excluding hydrogens is 215 g/mol. The molecular formula is C10H11O4P. The van der Waals surface area contributed by atoms with Gasteiger partial charge in [-0.1, -0.05) is 6.07 Å². The van der Waals surface area contributed by atoms with Crippen molar-refractivity contribution in [3.8, 4) is 11.5 Å². The summed E-state index contributed by atoms with van der Waals surface area (Å²) >= 11 is 0. The van der Waals surface area contributed by atoms with E-state index in [0.717, 1.165) is 11.6 Å². The second-order valence-electron chi connectivity index (χ2n) is 2.70. The Balaban J connectivity index is 2.97. The highest BCUT2D eigenvalue weighted by Crippen LogP contribution is 2.29. The van der Waals surface area contributed by atoms with Crippen LogP contribution in [0.5, 0.6) is 11.5 Å². The van der Waals surface area contributed by atoms with Crippen LogP contribution in [0.3, 0.4) is 0 Å². The molecule has 4 nitrogen and oxygen atoms in total. The fourth-order valence-electron chi connectivity index (χ4n) is 1.05. The summed E-state index contributed by atoms with van der Waals surface area (Å²) < 4.78 is 10.0. The molecule has 1 aromatic rings. The summed E-state index contributed by atoms with van der Waals surface area (Å²) in [6.07, 6.45) is 2.55. The summed E-state index contributed by atoms with van der Waals surface area (Å²) in [6, 6.07) is 5.13. The fraction of sp³-hybridized carbons (Fsp3) is 0.100. The Morgan fingerprint density at radius 1 is 1.47 bits per heavy atom. The van der Waals surface area contributed by atoms with Crippen molar-refractivity contribution in [3.05, 3.63) is 29.8 Å². The summed E-state index contributed by atoms with van der Waals surface area (Å²) in [6.45, 7) is 0. The van der Waals surface area contributed by atoms with Crippen molar-refractivity contribution in [1.82, 2.24) is 0 Å². The van der Waals surface area contributed by atoms with Gasteiger partial charge in [0.15, 0.2) is 11.5 Å². The molecule has 0 bridgehead atoms. The highest BCUT2D eigenvalue weighted by Gasteiger charge is 2.02. The first-order valence-electron chi connectivity index (χ1n) is 4.13. The van der Waals surface area contributed by atoms with Gasteiger partial charge in [0, 0.05) is 6.08 Å². The molecule has 80 valence electrons. The maximum Gasteiger partial charge on any atom is 0.328 e. The fourth-order valence-corrected chi connectivity index (χ4v) is 1.25. The first-order chi connectivity index (χ1) is 7.17. The van der Waals surface area contributed by atoms with Crippen molar-refractivity contribution in [2.24, 2.45) is 0 Å². The molecule has 1 N–H and O–H groups in total. The Bertz CT molecular complexity index is 387. The molecule has 0 aliphatic rings. The average molecular weight is 226 g/mol. The minimum absolute atomic E-state index is 0.553. The van der Waals surface area contributed by atoms with E-state index in [1.165, 1.54) is 13.2 Å². The maximum atomic E-state index is 10.3. The van der Waals surface area contributed by atoms with Crippen LogP contribution < -0.4 is 9.26 Å². The van der Waals surface area contributed by atoms with Crippen LogP contribution in [0.1, 0.15) is 5.56 Å². The summed E-state index contributed by atoms with van der Waals surface area (Å²) in [5, 5.41) is 8.46. The quantitative estimate of drug-likeness (QED) is 0.629. The number of ether oxygens (including phenoxy) is 1. The van der Waals surface area contributed by atoms with Gasteiger partial charge in [0.2, 0.25) is 0 Å². The number of rotatable bonds is 4. The summed E-state index contributed by atoms with van der Waals surface area (Å²) in [5.41, 5.74) is 0.736. The third-order valence-electron chi connectivity index (χ3n) is 1.73. The Hall–Kier alpha value is -1.54. The molecule has 0 aliphatic heterocycles. The summed E-state index contributed by atoms with van der Waals surface area (Å²) in [5.74, 6) is 0.146. The van der Waals surface area contributed by atoms with Gasteiger partial charge in [0.25, 0.3) is 0 Å². The van der Waals surface area contributed by atoms with E-state index in [4.69, 9.17) is 14.4 Å². The first kappa shape index (κ1) is 11.5. The van der Waals surface area contributed by atoms with E-state index in [9.17, 15) is 4.79 Å². The van der Waals surface area contributed by atoms with E-state index >= 15 is 0 Å². The molecule has 5 heteroatoms. The van der Waals surface area contributed by atoms with Gasteiger partial charge in [0.05, 0.1) is 16.6 Å². The van der Waals surface area contributed by atoms with Crippen LogP contribution in [0.2, 0.25) is 0 Å². The van der Waals surface area contributed by atoms with Gasteiger partial charge in [-0.05, 0) is 23.8 Å². The Morgan fingerprint density at radius 2 is 2.20 bits per heavy atom. The number of hydrogen-bond donors (Lipinski definition) is 1. The molecule has 1 aromatic carbocycles. The van der Waals surface area contributed by atoms with Gasteiger partial charge in [-0.2, -0.15) is 0 Å². The Morgan fingerprint density at radius 3 is 2.73 bits per heavy atom. The smallest absolute Gasteiger partial charge is 0.328 e. The van der Waals surface area contributed by atoms with E-state index in [1.54, 1.807) is 18.2 Å². The number of carbonyl (C=O) groups is 1. The highest BCUT2D eigenvalue weighted by molar-refractivity contribution is 7.10. The van der Waals surface area contributed by atoms with Crippen molar-refractivity contribution < 1.29 is 19.2 Å². The van der Waals surface area contributed by atoms with Crippen LogP contribution >= 0.6 is 9.47 Å². The lowest BCUT2D eigenvalue weighted by atomic mass is 10.2. The minimum atomic E-state index is -0.986. The van der Waals surface area contributed by atoms with Gasteiger partial charge < -0.3 is 14.4 Å². The number of hydrogen-bond acceptors (Lipinski definition) is 3. The third-order valence-corrected chi connectivity index (χ3v) is 1.99.